The van der Waals surface area contributed by atoms with Gasteiger partial charge in [0.25, 0.3) is 5.91 Å². The molecule has 2 heterocycles. The lowest BCUT2D eigenvalue weighted by atomic mass is 9.99. The van der Waals surface area contributed by atoms with Gasteiger partial charge in [0.15, 0.2) is 5.78 Å². The number of nitrogens with one attached hydrogen (secondary N) is 2. The van der Waals surface area contributed by atoms with E-state index in [4.69, 9.17) is 0 Å². The number of Topliss-reactive ketones (excluding diaryl/α,β-unsaturated/α-hetero) is 1. The normalized spacial score (nSPS) is 14.0. The molecule has 1 fully saturated rings. The molecule has 1 aliphatic heterocycles. The van der Waals surface area contributed by atoms with Crippen LogP contribution in [-0.4, -0.2) is 53.7 Å². The van der Waals surface area contributed by atoms with Crippen molar-refractivity contribution in [3.63, 3.8) is 0 Å². The molecular formula is C36H33FN4O3. The largest absolute Gasteiger partial charge is 0.368 e. The first kappa shape index (κ1) is 28.9. The SMILES string of the molecule is CC(=O)N1CCN(c2ccc(-c3cccc(C(=O)N[C@H](CC(=O)c4ccc(F)cc4)c4cc5ccccc5[nH]4)c3)cc2)CC1. The van der Waals surface area contributed by atoms with Crippen LogP contribution in [0.5, 0.6) is 0 Å². The standard InChI is InChI=1S/C36H33FN4O3/c1-24(42)40-17-19-41(20-18-40)31-15-11-25(12-16-31)27-6-4-7-29(21-27)36(44)39-34(23-35(43)26-9-13-30(37)14-10-26)33-22-28-5-2-3-8-32(28)38-33/h2-16,21-22,34,38H,17-20,23H2,1H3,(H,39,44)/t34-/m1/s1. The number of nitrogens with zero attached hydrogens (tertiary/aromatic N) is 2. The van der Waals surface area contributed by atoms with Gasteiger partial charge in [-0.1, -0.05) is 42.5 Å². The minimum Gasteiger partial charge on any atom is -0.368 e. The Bertz CT molecular complexity index is 1770. The number of aromatic nitrogens is 1. The molecule has 0 radical (unpaired) electrons. The van der Waals surface area contributed by atoms with Crippen LogP contribution in [0.15, 0.2) is 103 Å². The van der Waals surface area contributed by atoms with Crippen molar-refractivity contribution in [2.75, 3.05) is 31.1 Å². The predicted octanol–water partition coefficient (Wildman–Crippen LogP) is 6.39. The summed E-state index contributed by atoms with van der Waals surface area (Å²) in [5.74, 6) is -0.812. The average molecular weight is 589 g/mol. The maximum atomic E-state index is 13.6. The van der Waals surface area contributed by atoms with E-state index in [2.05, 4.69) is 27.3 Å². The van der Waals surface area contributed by atoms with Gasteiger partial charge in [-0.3, -0.25) is 14.4 Å². The van der Waals surface area contributed by atoms with Gasteiger partial charge in [0.2, 0.25) is 5.91 Å². The van der Waals surface area contributed by atoms with Gasteiger partial charge >= 0.3 is 0 Å². The van der Waals surface area contributed by atoms with Crippen LogP contribution < -0.4 is 10.2 Å². The number of aromatic amines is 1. The number of carbonyl (C=O) groups is 3. The second-order valence-electron chi connectivity index (χ2n) is 11.1. The fourth-order valence-electron chi connectivity index (χ4n) is 5.69. The third-order valence-corrected chi connectivity index (χ3v) is 8.20. The van der Waals surface area contributed by atoms with Crippen LogP contribution in [0.4, 0.5) is 10.1 Å². The van der Waals surface area contributed by atoms with Gasteiger partial charge in [-0.25, -0.2) is 4.39 Å². The van der Waals surface area contributed by atoms with Crippen LogP contribution in [0, 0.1) is 5.82 Å². The molecule has 2 amide bonds. The number of hydrogen-bond donors (Lipinski definition) is 2. The number of anilines is 1. The first-order valence-electron chi connectivity index (χ1n) is 14.7. The number of piperazine rings is 1. The summed E-state index contributed by atoms with van der Waals surface area (Å²) in [5, 5.41) is 4.04. The van der Waals surface area contributed by atoms with Gasteiger partial charge in [0, 0.05) is 67.5 Å². The number of amides is 2. The van der Waals surface area contributed by atoms with Gasteiger partial charge in [-0.15, -0.1) is 0 Å². The zero-order chi connectivity index (χ0) is 30.6. The summed E-state index contributed by atoms with van der Waals surface area (Å²) in [6, 6.07) is 30.2. The number of carbonyl (C=O) groups excluding carboxylic acids is 3. The molecule has 0 aliphatic carbocycles. The summed E-state index contributed by atoms with van der Waals surface area (Å²) in [5.41, 5.74) is 5.45. The summed E-state index contributed by atoms with van der Waals surface area (Å²) in [4.78, 5) is 45.9. The van der Waals surface area contributed by atoms with E-state index in [-0.39, 0.29) is 24.0 Å². The van der Waals surface area contributed by atoms with Gasteiger partial charge in [0.1, 0.15) is 5.82 Å². The van der Waals surface area contributed by atoms with E-state index in [1.54, 1.807) is 13.0 Å². The number of H-pyrrole nitrogens is 1. The molecule has 0 spiro atoms. The van der Waals surface area contributed by atoms with Gasteiger partial charge in [-0.05, 0) is 77.2 Å². The Balaban J connectivity index is 1.20. The molecule has 5 aromatic rings. The van der Waals surface area contributed by atoms with Crippen LogP contribution in [0.1, 0.15) is 45.8 Å². The number of halogens is 1. The van der Waals surface area contributed by atoms with Gasteiger partial charge in [-0.2, -0.15) is 0 Å². The van der Waals surface area contributed by atoms with E-state index in [1.807, 2.05) is 65.6 Å². The zero-order valence-electron chi connectivity index (χ0n) is 24.4. The highest BCUT2D eigenvalue weighted by Crippen LogP contribution is 2.27. The Morgan fingerprint density at radius 1 is 0.795 bits per heavy atom. The molecule has 44 heavy (non-hydrogen) atoms. The Morgan fingerprint density at radius 2 is 1.52 bits per heavy atom. The lowest BCUT2D eigenvalue weighted by molar-refractivity contribution is -0.129. The third-order valence-electron chi connectivity index (χ3n) is 8.20. The van der Waals surface area contributed by atoms with Gasteiger partial charge < -0.3 is 20.1 Å². The minimum atomic E-state index is -0.626. The second-order valence-corrected chi connectivity index (χ2v) is 11.1. The molecule has 1 aliphatic rings. The Labute approximate surface area is 255 Å². The van der Waals surface area contributed by atoms with E-state index in [9.17, 15) is 18.8 Å². The quantitative estimate of drug-likeness (QED) is 0.206. The van der Waals surface area contributed by atoms with E-state index < -0.39 is 11.9 Å². The molecule has 0 saturated carbocycles. The van der Waals surface area contributed by atoms with E-state index >= 15 is 0 Å². The molecule has 1 aromatic heterocycles. The molecule has 222 valence electrons. The van der Waals surface area contributed by atoms with Crippen molar-refractivity contribution in [3.8, 4) is 11.1 Å². The molecule has 7 nitrogen and oxygen atoms in total. The fourth-order valence-corrected chi connectivity index (χ4v) is 5.69. The zero-order valence-corrected chi connectivity index (χ0v) is 24.4. The summed E-state index contributed by atoms with van der Waals surface area (Å²) in [6.07, 6.45) is 0.00598. The smallest absolute Gasteiger partial charge is 0.251 e. The van der Waals surface area contributed by atoms with E-state index in [0.29, 0.717) is 29.9 Å². The second kappa shape index (κ2) is 12.6. The molecular weight excluding hydrogens is 555 g/mol. The summed E-state index contributed by atoms with van der Waals surface area (Å²) < 4.78 is 13.5. The molecule has 1 saturated heterocycles. The summed E-state index contributed by atoms with van der Waals surface area (Å²) in [7, 11) is 0. The highest BCUT2D eigenvalue weighted by atomic mass is 19.1. The maximum Gasteiger partial charge on any atom is 0.251 e. The van der Waals surface area contributed by atoms with Gasteiger partial charge in [0.05, 0.1) is 6.04 Å². The predicted molar refractivity (Wildman–Crippen MR) is 170 cm³/mol. The monoisotopic (exact) mass is 588 g/mol. The Kier molecular flexibility index (Phi) is 8.23. The van der Waals surface area contributed by atoms with E-state index in [0.717, 1.165) is 40.8 Å². The average Bonchev–Trinajstić information content (AvgIpc) is 3.49. The van der Waals surface area contributed by atoms with Crippen molar-refractivity contribution in [2.24, 2.45) is 0 Å². The molecule has 1 atom stereocenters. The Morgan fingerprint density at radius 3 is 2.23 bits per heavy atom. The summed E-state index contributed by atoms with van der Waals surface area (Å²) >= 11 is 0. The highest BCUT2D eigenvalue weighted by Gasteiger charge is 2.23. The van der Waals surface area contributed by atoms with Crippen LogP contribution in [0.25, 0.3) is 22.0 Å². The van der Waals surface area contributed by atoms with E-state index in [1.165, 1.54) is 24.3 Å². The number of fused-ring (bicyclic) bond motifs is 1. The Hall–Kier alpha value is -5.24. The van der Waals surface area contributed by atoms with Crippen molar-refractivity contribution in [3.05, 3.63) is 126 Å². The van der Waals surface area contributed by atoms with Crippen LogP contribution in [0.2, 0.25) is 0 Å². The molecule has 4 aromatic carbocycles. The number of rotatable bonds is 8. The summed E-state index contributed by atoms with van der Waals surface area (Å²) in [6.45, 7) is 4.60. The van der Waals surface area contributed by atoms with Crippen LogP contribution in [-0.2, 0) is 4.79 Å². The number of hydrogen-bond acceptors (Lipinski definition) is 4. The molecule has 0 unspecified atom stereocenters. The number of ketones is 1. The molecule has 8 heteroatoms. The molecule has 0 bridgehead atoms. The highest BCUT2D eigenvalue weighted by molar-refractivity contribution is 5.99. The van der Waals surface area contributed by atoms with Crippen molar-refractivity contribution >= 4 is 34.2 Å². The lowest BCUT2D eigenvalue weighted by Crippen LogP contribution is -2.48. The van der Waals surface area contributed by atoms with Crippen molar-refractivity contribution < 1.29 is 18.8 Å². The first-order valence-corrected chi connectivity index (χ1v) is 14.7. The topological polar surface area (TPSA) is 85.5 Å². The maximum absolute atomic E-state index is 13.6. The third kappa shape index (κ3) is 6.39. The minimum absolute atomic E-state index is 0.00598. The molecule has 2 N–H and O–H groups in total. The van der Waals surface area contributed by atoms with Crippen LogP contribution in [0.3, 0.4) is 0 Å². The fraction of sp³-hybridized carbons (Fsp3) is 0.194. The lowest BCUT2D eigenvalue weighted by Gasteiger charge is -2.35. The number of benzene rings is 4. The van der Waals surface area contributed by atoms with Crippen molar-refractivity contribution in [2.45, 2.75) is 19.4 Å². The van der Waals surface area contributed by atoms with Crippen molar-refractivity contribution in [1.82, 2.24) is 15.2 Å². The first-order chi connectivity index (χ1) is 21.3. The molecule has 6 rings (SSSR count). The number of para-hydroxylation sites is 1. The van der Waals surface area contributed by atoms with Crippen molar-refractivity contribution in [1.29, 1.82) is 0 Å². The van der Waals surface area contributed by atoms with Crippen LogP contribution >= 0.6 is 0 Å².